The summed E-state index contributed by atoms with van der Waals surface area (Å²) in [7, 11) is 0. The van der Waals surface area contributed by atoms with E-state index in [4.69, 9.17) is 5.73 Å². The Morgan fingerprint density at radius 3 is 2.40 bits per heavy atom. The Morgan fingerprint density at radius 1 is 1.33 bits per heavy atom. The van der Waals surface area contributed by atoms with E-state index < -0.39 is 29.4 Å². The van der Waals surface area contributed by atoms with E-state index in [0.29, 0.717) is 6.07 Å². The normalized spacial score (nSPS) is 11.2. The lowest BCUT2D eigenvalue weighted by atomic mass is 10.2. The molecule has 1 amide bonds. The minimum Gasteiger partial charge on any atom is -0.405 e. The molecule has 0 spiro atoms. The van der Waals surface area contributed by atoms with E-state index in [1.54, 1.807) is 0 Å². The van der Waals surface area contributed by atoms with Crippen molar-refractivity contribution in [2.45, 2.75) is 6.36 Å². The first-order valence-corrected chi connectivity index (χ1v) is 3.65. The first kappa shape index (κ1) is 11.3. The van der Waals surface area contributed by atoms with Gasteiger partial charge >= 0.3 is 6.36 Å². The molecule has 0 aliphatic carbocycles. The molecule has 15 heavy (non-hydrogen) atoms. The molecule has 1 aromatic rings. The van der Waals surface area contributed by atoms with Crippen LogP contribution in [0.15, 0.2) is 18.2 Å². The van der Waals surface area contributed by atoms with Gasteiger partial charge < -0.3 is 10.5 Å². The number of rotatable bonds is 2. The van der Waals surface area contributed by atoms with Gasteiger partial charge in [0.15, 0.2) is 0 Å². The number of nitrogens with two attached hydrogens (primary N) is 1. The third-order valence-corrected chi connectivity index (χ3v) is 1.43. The molecule has 1 aromatic carbocycles. The van der Waals surface area contributed by atoms with Crippen LogP contribution >= 0.6 is 0 Å². The molecule has 0 bridgehead atoms. The summed E-state index contributed by atoms with van der Waals surface area (Å²) < 4.78 is 51.5. The molecule has 0 aromatic heterocycles. The molecule has 0 saturated carbocycles. The summed E-state index contributed by atoms with van der Waals surface area (Å²) in [4.78, 5) is 10.7. The van der Waals surface area contributed by atoms with Crippen molar-refractivity contribution in [3.8, 4) is 5.75 Å². The molecule has 2 N–H and O–H groups in total. The van der Waals surface area contributed by atoms with E-state index >= 15 is 0 Å². The summed E-state index contributed by atoms with van der Waals surface area (Å²) in [6, 6.07) is 2.07. The zero-order valence-electron chi connectivity index (χ0n) is 7.14. The predicted octanol–water partition coefficient (Wildman–Crippen LogP) is 1.82. The largest absolute Gasteiger partial charge is 0.573 e. The second-order valence-corrected chi connectivity index (χ2v) is 2.55. The van der Waals surface area contributed by atoms with Gasteiger partial charge in [-0.15, -0.1) is 13.2 Å². The fourth-order valence-electron chi connectivity index (χ4n) is 0.909. The monoisotopic (exact) mass is 223 g/mol. The number of carbonyl (C=O) groups is 1. The predicted molar refractivity (Wildman–Crippen MR) is 41.6 cm³/mol. The number of hydrogen-bond acceptors (Lipinski definition) is 2. The molecule has 3 nitrogen and oxygen atoms in total. The van der Waals surface area contributed by atoms with Crippen molar-refractivity contribution in [3.05, 3.63) is 29.6 Å². The average molecular weight is 223 g/mol. The molecule has 0 unspecified atom stereocenters. The van der Waals surface area contributed by atoms with Crippen molar-refractivity contribution in [2.24, 2.45) is 5.73 Å². The van der Waals surface area contributed by atoms with E-state index in [-0.39, 0.29) is 0 Å². The maximum absolute atomic E-state index is 12.6. The van der Waals surface area contributed by atoms with Crippen LogP contribution in [0.4, 0.5) is 17.6 Å². The minimum absolute atomic E-state index is 0.438. The molecule has 82 valence electrons. The van der Waals surface area contributed by atoms with Gasteiger partial charge in [-0.25, -0.2) is 4.39 Å². The Kier molecular flexibility index (Phi) is 2.83. The van der Waals surface area contributed by atoms with Crippen LogP contribution < -0.4 is 10.5 Å². The smallest absolute Gasteiger partial charge is 0.405 e. The number of hydrogen-bond donors (Lipinski definition) is 1. The summed E-state index contributed by atoms with van der Waals surface area (Å²) in [6.07, 6.45) is -5.00. The highest BCUT2D eigenvalue weighted by Crippen LogP contribution is 2.26. The Labute approximate surface area is 81.4 Å². The molecule has 0 atom stereocenters. The zero-order chi connectivity index (χ0) is 11.6. The highest BCUT2D eigenvalue weighted by atomic mass is 19.4. The Morgan fingerprint density at radius 2 is 1.93 bits per heavy atom. The molecular formula is C8H5F4NO2. The first-order chi connectivity index (χ1) is 6.79. The quantitative estimate of drug-likeness (QED) is 0.777. The number of primary amides is 1. The number of carbonyl (C=O) groups excluding carboxylic acids is 1. The average Bonchev–Trinajstić information content (AvgIpc) is 1.99. The van der Waals surface area contributed by atoms with Crippen molar-refractivity contribution < 1.29 is 27.1 Å². The van der Waals surface area contributed by atoms with Gasteiger partial charge in [0.05, 0.1) is 5.56 Å². The van der Waals surface area contributed by atoms with Crippen LogP contribution in [0, 0.1) is 5.82 Å². The van der Waals surface area contributed by atoms with Crippen LogP contribution in [0.25, 0.3) is 0 Å². The van der Waals surface area contributed by atoms with Gasteiger partial charge in [-0.3, -0.25) is 4.79 Å². The third-order valence-electron chi connectivity index (χ3n) is 1.43. The van der Waals surface area contributed by atoms with Gasteiger partial charge in [0.1, 0.15) is 11.6 Å². The number of benzene rings is 1. The number of amides is 1. The molecular weight excluding hydrogens is 218 g/mol. The van der Waals surface area contributed by atoms with Crippen LogP contribution in [0.2, 0.25) is 0 Å². The molecule has 0 heterocycles. The number of halogens is 4. The van der Waals surface area contributed by atoms with Crippen molar-refractivity contribution in [2.75, 3.05) is 0 Å². The lowest BCUT2D eigenvalue weighted by Gasteiger charge is -2.11. The molecule has 1 rings (SSSR count). The standard InChI is InChI=1S/C8H5F4NO2/c9-4-1-2-5(7(13)14)6(3-4)15-8(10,11)12/h1-3H,(H2,13,14). The van der Waals surface area contributed by atoms with Gasteiger partial charge in [-0.05, 0) is 12.1 Å². The zero-order valence-corrected chi connectivity index (χ0v) is 7.14. The summed E-state index contributed by atoms with van der Waals surface area (Å²) in [6.45, 7) is 0. The Balaban J connectivity index is 3.13. The number of alkyl halides is 3. The lowest BCUT2D eigenvalue weighted by Crippen LogP contribution is -2.21. The van der Waals surface area contributed by atoms with Crippen LogP contribution in [0.3, 0.4) is 0 Å². The summed E-state index contributed by atoms with van der Waals surface area (Å²) in [5, 5.41) is 0. The van der Waals surface area contributed by atoms with Crippen molar-refractivity contribution in [1.29, 1.82) is 0 Å². The van der Waals surface area contributed by atoms with Gasteiger partial charge in [0, 0.05) is 6.07 Å². The Bertz CT molecular complexity index is 389. The SMILES string of the molecule is NC(=O)c1ccc(F)cc1OC(F)(F)F. The highest BCUT2D eigenvalue weighted by molar-refractivity contribution is 5.95. The van der Waals surface area contributed by atoms with Crippen LogP contribution in [-0.4, -0.2) is 12.3 Å². The summed E-state index contributed by atoms with van der Waals surface area (Å²) in [5.41, 5.74) is 4.24. The highest BCUT2D eigenvalue weighted by Gasteiger charge is 2.32. The fourth-order valence-corrected chi connectivity index (χ4v) is 0.909. The van der Waals surface area contributed by atoms with Crippen molar-refractivity contribution in [3.63, 3.8) is 0 Å². The first-order valence-electron chi connectivity index (χ1n) is 3.65. The molecule has 0 fully saturated rings. The van der Waals surface area contributed by atoms with Crippen LogP contribution in [0.1, 0.15) is 10.4 Å². The van der Waals surface area contributed by atoms with Crippen LogP contribution in [-0.2, 0) is 0 Å². The summed E-state index contributed by atoms with van der Waals surface area (Å²) in [5.74, 6) is -3.04. The maximum Gasteiger partial charge on any atom is 0.573 e. The third kappa shape index (κ3) is 3.12. The van der Waals surface area contributed by atoms with Crippen molar-refractivity contribution in [1.82, 2.24) is 0 Å². The fraction of sp³-hybridized carbons (Fsp3) is 0.125. The van der Waals surface area contributed by atoms with Crippen LogP contribution in [0.5, 0.6) is 5.75 Å². The lowest BCUT2D eigenvalue weighted by molar-refractivity contribution is -0.274. The molecule has 0 radical (unpaired) electrons. The second kappa shape index (κ2) is 3.76. The topological polar surface area (TPSA) is 52.3 Å². The van der Waals surface area contributed by atoms with Gasteiger partial charge in [-0.2, -0.15) is 0 Å². The maximum atomic E-state index is 12.6. The second-order valence-electron chi connectivity index (χ2n) is 2.55. The molecule has 0 saturated heterocycles. The van der Waals surface area contributed by atoms with Crippen molar-refractivity contribution >= 4 is 5.91 Å². The summed E-state index contributed by atoms with van der Waals surface area (Å²) >= 11 is 0. The molecule has 0 aliphatic rings. The number of ether oxygens (including phenoxy) is 1. The molecule has 0 aliphatic heterocycles. The minimum atomic E-state index is -5.00. The van der Waals surface area contributed by atoms with E-state index in [9.17, 15) is 22.4 Å². The van der Waals surface area contributed by atoms with Gasteiger partial charge in [0.2, 0.25) is 0 Å². The van der Waals surface area contributed by atoms with E-state index in [2.05, 4.69) is 4.74 Å². The molecule has 7 heteroatoms. The van der Waals surface area contributed by atoms with Gasteiger partial charge in [-0.1, -0.05) is 0 Å². The Hall–Kier alpha value is -1.79. The van der Waals surface area contributed by atoms with Gasteiger partial charge in [0.25, 0.3) is 5.91 Å². The van der Waals surface area contributed by atoms with E-state index in [1.807, 2.05) is 0 Å². The van der Waals surface area contributed by atoms with E-state index in [1.165, 1.54) is 0 Å². The van der Waals surface area contributed by atoms with E-state index in [0.717, 1.165) is 12.1 Å².